The van der Waals surface area contributed by atoms with Gasteiger partial charge in [0.2, 0.25) is 10.0 Å². The lowest BCUT2D eigenvalue weighted by Gasteiger charge is -2.12. The number of ether oxygens (including phenoxy) is 1. The third-order valence-electron chi connectivity index (χ3n) is 4.23. The van der Waals surface area contributed by atoms with E-state index < -0.39 is 10.0 Å². The third kappa shape index (κ3) is 4.84. The summed E-state index contributed by atoms with van der Waals surface area (Å²) in [5.41, 5.74) is 1.36. The highest BCUT2D eigenvalue weighted by Crippen LogP contribution is 2.29. The summed E-state index contributed by atoms with van der Waals surface area (Å²) in [6.45, 7) is 0.0739. The van der Waals surface area contributed by atoms with Crippen molar-refractivity contribution < 1.29 is 17.9 Å². The Bertz CT molecular complexity index is 1130. The quantitative estimate of drug-likeness (QED) is 0.619. The van der Waals surface area contributed by atoms with Crippen LogP contribution in [0.4, 0.5) is 0 Å². The van der Waals surface area contributed by atoms with E-state index in [4.69, 9.17) is 16.3 Å². The van der Waals surface area contributed by atoms with Gasteiger partial charge < -0.3 is 10.1 Å². The molecule has 1 amide bonds. The van der Waals surface area contributed by atoms with Gasteiger partial charge in [-0.1, -0.05) is 23.7 Å². The van der Waals surface area contributed by atoms with Gasteiger partial charge in [0.25, 0.3) is 5.91 Å². The highest BCUT2D eigenvalue weighted by molar-refractivity contribution is 7.89. The number of rotatable bonds is 7. The molecule has 0 saturated carbocycles. The summed E-state index contributed by atoms with van der Waals surface area (Å²) in [5.74, 6) is 0.160. The van der Waals surface area contributed by atoms with Crippen molar-refractivity contribution in [1.29, 1.82) is 0 Å². The molecule has 0 spiro atoms. The van der Waals surface area contributed by atoms with Crippen molar-refractivity contribution in [1.82, 2.24) is 14.6 Å². The van der Waals surface area contributed by atoms with Gasteiger partial charge in [0.15, 0.2) is 6.61 Å². The Hall–Kier alpha value is -2.68. The zero-order chi connectivity index (χ0) is 21.0. The fourth-order valence-corrected chi connectivity index (χ4v) is 3.73. The molecule has 1 aromatic heterocycles. The Morgan fingerprint density at radius 2 is 1.86 bits per heavy atom. The second-order valence-electron chi connectivity index (χ2n) is 6.44. The number of sulfonamides is 1. The number of hydrogen-bond acceptors (Lipinski definition) is 5. The van der Waals surface area contributed by atoms with Crippen LogP contribution in [-0.2, 0) is 21.4 Å². The molecule has 29 heavy (non-hydrogen) atoms. The molecule has 152 valence electrons. The van der Waals surface area contributed by atoms with Crippen molar-refractivity contribution in [2.45, 2.75) is 11.4 Å². The summed E-state index contributed by atoms with van der Waals surface area (Å²) >= 11 is 6.15. The van der Waals surface area contributed by atoms with Gasteiger partial charge in [-0.05, 0) is 42.0 Å². The second-order valence-corrected chi connectivity index (χ2v) is 9.00. The molecule has 1 heterocycles. The molecule has 7 nitrogen and oxygen atoms in total. The van der Waals surface area contributed by atoms with Crippen molar-refractivity contribution in [2.24, 2.45) is 0 Å². The normalized spacial score (nSPS) is 11.6. The molecule has 0 aliphatic carbocycles. The zero-order valence-corrected chi connectivity index (χ0v) is 17.5. The molecule has 0 saturated heterocycles. The molecule has 0 fully saturated rings. The van der Waals surface area contributed by atoms with E-state index in [0.717, 1.165) is 15.3 Å². The van der Waals surface area contributed by atoms with Gasteiger partial charge in [-0.2, -0.15) is 0 Å². The van der Waals surface area contributed by atoms with Crippen LogP contribution >= 0.6 is 11.6 Å². The number of hydrogen-bond donors (Lipinski definition) is 1. The van der Waals surface area contributed by atoms with E-state index in [-0.39, 0.29) is 24.0 Å². The highest BCUT2D eigenvalue weighted by Gasteiger charge is 2.16. The Labute approximate surface area is 174 Å². The Balaban J connectivity index is 1.58. The largest absolute Gasteiger partial charge is 0.481 e. The number of carbonyl (C=O) groups is 1. The van der Waals surface area contributed by atoms with Crippen LogP contribution in [0.1, 0.15) is 5.56 Å². The molecular weight excluding hydrogens is 414 g/mol. The summed E-state index contributed by atoms with van der Waals surface area (Å²) in [6.07, 6.45) is 1.63. The van der Waals surface area contributed by atoms with Crippen LogP contribution in [0.3, 0.4) is 0 Å². The molecule has 0 bridgehead atoms. The fourth-order valence-electron chi connectivity index (χ4n) is 2.61. The first-order chi connectivity index (χ1) is 13.8. The number of aromatic nitrogens is 1. The Morgan fingerprint density at radius 3 is 2.55 bits per heavy atom. The number of benzene rings is 2. The lowest BCUT2D eigenvalue weighted by molar-refractivity contribution is -0.123. The van der Waals surface area contributed by atoms with Crippen LogP contribution in [0.5, 0.6) is 5.75 Å². The second kappa shape index (κ2) is 8.77. The predicted octanol–water partition coefficient (Wildman–Crippen LogP) is 2.83. The van der Waals surface area contributed by atoms with Crippen molar-refractivity contribution in [3.05, 3.63) is 65.3 Å². The molecule has 3 aromatic rings. The van der Waals surface area contributed by atoms with E-state index >= 15 is 0 Å². The minimum absolute atomic E-state index is 0.180. The molecule has 0 unspecified atom stereocenters. The predicted molar refractivity (Wildman–Crippen MR) is 111 cm³/mol. The number of amides is 1. The van der Waals surface area contributed by atoms with Crippen molar-refractivity contribution in [2.75, 3.05) is 20.7 Å². The third-order valence-corrected chi connectivity index (χ3v) is 6.39. The van der Waals surface area contributed by atoms with E-state index in [1.165, 1.54) is 26.2 Å². The summed E-state index contributed by atoms with van der Waals surface area (Å²) in [6, 6.07) is 13.3. The van der Waals surface area contributed by atoms with E-state index in [1.54, 1.807) is 36.5 Å². The summed E-state index contributed by atoms with van der Waals surface area (Å²) < 4.78 is 30.9. The van der Waals surface area contributed by atoms with Crippen LogP contribution in [0.2, 0.25) is 5.02 Å². The van der Waals surface area contributed by atoms with Gasteiger partial charge in [-0.25, -0.2) is 12.7 Å². The molecule has 0 aliphatic rings. The van der Waals surface area contributed by atoms with Gasteiger partial charge >= 0.3 is 0 Å². The molecule has 0 radical (unpaired) electrons. The lowest BCUT2D eigenvalue weighted by Crippen LogP contribution is -2.28. The van der Waals surface area contributed by atoms with Crippen LogP contribution in [0, 0.1) is 0 Å². The van der Waals surface area contributed by atoms with Crippen molar-refractivity contribution in [3.63, 3.8) is 0 Å². The number of halogens is 1. The summed E-state index contributed by atoms with van der Waals surface area (Å²) in [4.78, 5) is 16.6. The SMILES string of the molecule is CN(C)S(=O)(=O)c1ccc(CNC(=O)COc2ccc(Cl)c3cccnc23)cc1. The zero-order valence-electron chi connectivity index (χ0n) is 15.9. The molecule has 9 heteroatoms. The van der Waals surface area contributed by atoms with E-state index in [0.29, 0.717) is 16.3 Å². The van der Waals surface area contributed by atoms with Gasteiger partial charge in [0.1, 0.15) is 11.3 Å². The van der Waals surface area contributed by atoms with Crippen molar-refractivity contribution >= 4 is 38.4 Å². The van der Waals surface area contributed by atoms with Crippen LogP contribution in [0.25, 0.3) is 10.9 Å². The first-order valence-electron chi connectivity index (χ1n) is 8.73. The molecule has 0 atom stereocenters. The average Bonchev–Trinajstić information content (AvgIpc) is 2.72. The Morgan fingerprint density at radius 1 is 1.14 bits per heavy atom. The fraction of sp³-hybridized carbons (Fsp3) is 0.200. The van der Waals surface area contributed by atoms with Crippen molar-refractivity contribution in [3.8, 4) is 5.75 Å². The number of carbonyl (C=O) groups excluding carboxylic acids is 1. The summed E-state index contributed by atoms with van der Waals surface area (Å²) in [5, 5.41) is 4.05. The molecule has 0 aliphatic heterocycles. The number of pyridine rings is 1. The average molecular weight is 434 g/mol. The molecule has 3 rings (SSSR count). The molecular formula is C20H20ClN3O4S. The first kappa shape index (κ1) is 21.0. The molecule has 1 N–H and O–H groups in total. The molecule has 2 aromatic carbocycles. The van der Waals surface area contributed by atoms with E-state index in [2.05, 4.69) is 10.3 Å². The number of nitrogens with one attached hydrogen (secondary N) is 1. The van der Waals surface area contributed by atoms with Crippen LogP contribution in [-0.4, -0.2) is 44.3 Å². The first-order valence-corrected chi connectivity index (χ1v) is 10.5. The standard InChI is InChI=1S/C20H20ClN3O4S/c1-24(2)29(26,27)15-7-5-14(6-8-15)12-23-19(25)13-28-18-10-9-17(21)16-4-3-11-22-20(16)18/h3-11H,12-13H2,1-2H3,(H,23,25). The van der Waals surface area contributed by atoms with Gasteiger partial charge in [0.05, 0.1) is 9.92 Å². The topological polar surface area (TPSA) is 88.6 Å². The number of fused-ring (bicyclic) bond motifs is 1. The van der Waals surface area contributed by atoms with Gasteiger partial charge in [-0.15, -0.1) is 0 Å². The van der Waals surface area contributed by atoms with Crippen LogP contribution in [0.15, 0.2) is 59.6 Å². The summed E-state index contributed by atoms with van der Waals surface area (Å²) in [7, 11) is -0.524. The Kier molecular flexibility index (Phi) is 6.36. The maximum absolute atomic E-state index is 12.1. The van der Waals surface area contributed by atoms with E-state index in [1.807, 2.05) is 6.07 Å². The lowest BCUT2D eigenvalue weighted by atomic mass is 10.2. The highest BCUT2D eigenvalue weighted by atomic mass is 35.5. The maximum atomic E-state index is 12.1. The number of nitrogens with zero attached hydrogens (tertiary/aromatic N) is 2. The van der Waals surface area contributed by atoms with Crippen LogP contribution < -0.4 is 10.1 Å². The monoisotopic (exact) mass is 433 g/mol. The minimum atomic E-state index is -3.47. The van der Waals surface area contributed by atoms with Gasteiger partial charge in [-0.3, -0.25) is 9.78 Å². The smallest absolute Gasteiger partial charge is 0.258 e. The minimum Gasteiger partial charge on any atom is -0.481 e. The van der Waals surface area contributed by atoms with E-state index in [9.17, 15) is 13.2 Å². The van der Waals surface area contributed by atoms with Gasteiger partial charge in [0, 0.05) is 32.2 Å². The maximum Gasteiger partial charge on any atom is 0.258 e.